The Bertz CT molecular complexity index is 1220. The molecule has 3 N–H and O–H groups in total. The first-order valence-corrected chi connectivity index (χ1v) is 11.5. The maximum absolute atomic E-state index is 12.6. The minimum absolute atomic E-state index is 0.0267. The van der Waals surface area contributed by atoms with Crippen LogP contribution in [0.25, 0.3) is 0 Å². The molecule has 1 atom stereocenters. The lowest BCUT2D eigenvalue weighted by atomic mass is 10.2. The summed E-state index contributed by atoms with van der Waals surface area (Å²) < 4.78 is 33.2. The summed E-state index contributed by atoms with van der Waals surface area (Å²) in [6.45, 7) is 3.07. The van der Waals surface area contributed by atoms with Crippen LogP contribution in [0.15, 0.2) is 77.8 Å². The summed E-state index contributed by atoms with van der Waals surface area (Å²) in [4.78, 5) is 27.8. The summed E-state index contributed by atoms with van der Waals surface area (Å²) in [6.07, 6.45) is 1.68. The summed E-state index contributed by atoms with van der Waals surface area (Å²) >= 11 is 0. The van der Waals surface area contributed by atoms with Gasteiger partial charge in [0, 0.05) is 30.6 Å². The van der Waals surface area contributed by atoms with E-state index in [-0.39, 0.29) is 17.4 Å². The number of sulfonamides is 1. The Morgan fingerprint density at radius 3 is 2.39 bits per heavy atom. The molecule has 2 aromatic carbocycles. The lowest BCUT2D eigenvalue weighted by Gasteiger charge is -2.15. The van der Waals surface area contributed by atoms with Gasteiger partial charge >= 0.3 is 0 Å². The maximum atomic E-state index is 12.6. The van der Waals surface area contributed by atoms with Crippen molar-refractivity contribution in [2.75, 3.05) is 10.6 Å². The fourth-order valence-electron chi connectivity index (χ4n) is 2.83. The van der Waals surface area contributed by atoms with Crippen LogP contribution < -0.4 is 20.1 Å². The third kappa shape index (κ3) is 7.13. The van der Waals surface area contributed by atoms with Crippen LogP contribution in [0.1, 0.15) is 19.5 Å². The van der Waals surface area contributed by atoms with Crippen molar-refractivity contribution < 1.29 is 22.7 Å². The summed E-state index contributed by atoms with van der Waals surface area (Å²) in [6, 6.07) is 16.9. The molecule has 33 heavy (non-hydrogen) atoms. The number of anilines is 2. The summed E-state index contributed by atoms with van der Waals surface area (Å²) in [7, 11) is -3.94. The smallest absolute Gasteiger partial charge is 0.242 e. The van der Waals surface area contributed by atoms with Crippen molar-refractivity contribution in [3.05, 3.63) is 78.6 Å². The Kier molecular flexibility index (Phi) is 7.75. The van der Waals surface area contributed by atoms with Gasteiger partial charge in [-0.1, -0.05) is 12.1 Å². The van der Waals surface area contributed by atoms with E-state index < -0.39 is 22.0 Å². The maximum Gasteiger partial charge on any atom is 0.242 e. The molecule has 0 radical (unpaired) electrons. The normalized spacial score (nSPS) is 11.9. The van der Waals surface area contributed by atoms with Crippen molar-refractivity contribution in [2.24, 2.45) is 0 Å². The number of benzene rings is 2. The number of nitrogens with zero attached hydrogens (tertiary/aromatic N) is 1. The Balaban J connectivity index is 1.59. The molecule has 0 bridgehead atoms. The third-order valence-corrected chi connectivity index (χ3v) is 5.98. The molecule has 3 rings (SSSR count). The summed E-state index contributed by atoms with van der Waals surface area (Å²) in [5.74, 6) is -0.263. The van der Waals surface area contributed by atoms with Gasteiger partial charge < -0.3 is 15.4 Å². The molecule has 0 aliphatic heterocycles. The van der Waals surface area contributed by atoms with E-state index in [1.165, 1.54) is 38.1 Å². The molecule has 0 aliphatic rings. The monoisotopic (exact) mass is 468 g/mol. The zero-order valence-electron chi connectivity index (χ0n) is 18.1. The van der Waals surface area contributed by atoms with Crippen LogP contribution in [0, 0.1) is 0 Å². The van der Waals surface area contributed by atoms with Crippen molar-refractivity contribution in [2.45, 2.75) is 31.4 Å². The number of rotatable bonds is 9. The van der Waals surface area contributed by atoms with Crippen LogP contribution in [0.2, 0.25) is 0 Å². The first-order valence-electron chi connectivity index (χ1n) is 10.1. The number of hydrogen-bond acceptors (Lipinski definition) is 6. The second-order valence-electron chi connectivity index (χ2n) is 7.18. The van der Waals surface area contributed by atoms with Gasteiger partial charge in [-0.3, -0.25) is 14.6 Å². The molecule has 0 unspecified atom stereocenters. The molecule has 0 aliphatic carbocycles. The molecule has 1 heterocycles. The molecule has 0 fully saturated rings. The van der Waals surface area contributed by atoms with E-state index >= 15 is 0 Å². The highest BCUT2D eigenvalue weighted by Crippen LogP contribution is 2.19. The molecule has 3 aromatic rings. The number of amides is 2. The van der Waals surface area contributed by atoms with Gasteiger partial charge in [0.15, 0.2) is 0 Å². The fraction of sp³-hybridized carbons (Fsp3) is 0.174. The number of hydrogen-bond donors (Lipinski definition) is 3. The molecule has 0 saturated heterocycles. The van der Waals surface area contributed by atoms with Crippen LogP contribution in [0.5, 0.6) is 5.75 Å². The molecule has 1 aromatic heterocycles. The van der Waals surface area contributed by atoms with Crippen LogP contribution >= 0.6 is 0 Å². The Labute approximate surface area is 192 Å². The Morgan fingerprint density at radius 1 is 0.970 bits per heavy atom. The molecule has 10 heteroatoms. The lowest BCUT2D eigenvalue weighted by Crippen LogP contribution is -2.41. The predicted molar refractivity (Wildman–Crippen MR) is 124 cm³/mol. The number of nitrogens with one attached hydrogen (secondary N) is 3. The quantitative estimate of drug-likeness (QED) is 0.443. The highest BCUT2D eigenvalue weighted by molar-refractivity contribution is 7.89. The average Bonchev–Trinajstić information content (AvgIpc) is 2.78. The van der Waals surface area contributed by atoms with Gasteiger partial charge in [0.05, 0.1) is 16.6 Å². The lowest BCUT2D eigenvalue weighted by molar-refractivity contribution is -0.117. The van der Waals surface area contributed by atoms with E-state index in [0.717, 1.165) is 5.69 Å². The fourth-order valence-corrected chi connectivity index (χ4v) is 4.03. The predicted octanol–water partition coefficient (Wildman–Crippen LogP) is 2.92. The van der Waals surface area contributed by atoms with Gasteiger partial charge in [0.1, 0.15) is 12.4 Å². The summed E-state index contributed by atoms with van der Waals surface area (Å²) in [5.41, 5.74) is 1.70. The van der Waals surface area contributed by atoms with E-state index in [1.54, 1.807) is 30.5 Å². The zero-order valence-corrected chi connectivity index (χ0v) is 18.9. The second kappa shape index (κ2) is 10.7. The SMILES string of the molecule is CC(=O)Nc1ccc(S(=O)(=O)N[C@@H](C)C(=O)Nc2cccc(OCc3ccccn3)c2)cc1. The molecule has 0 spiro atoms. The minimum Gasteiger partial charge on any atom is -0.487 e. The molecule has 9 nitrogen and oxygen atoms in total. The number of pyridine rings is 1. The van der Waals surface area contributed by atoms with Gasteiger partial charge in [-0.25, -0.2) is 8.42 Å². The van der Waals surface area contributed by atoms with Crippen LogP contribution in [0.3, 0.4) is 0 Å². The van der Waals surface area contributed by atoms with E-state index in [0.29, 0.717) is 17.1 Å². The largest absolute Gasteiger partial charge is 0.487 e. The topological polar surface area (TPSA) is 126 Å². The molecule has 2 amide bonds. The zero-order chi connectivity index (χ0) is 23.8. The average molecular weight is 469 g/mol. The Hall–Kier alpha value is -3.76. The molecule has 172 valence electrons. The van der Waals surface area contributed by atoms with E-state index in [4.69, 9.17) is 4.74 Å². The molecular weight excluding hydrogens is 444 g/mol. The van der Waals surface area contributed by atoms with E-state index in [1.807, 2.05) is 18.2 Å². The van der Waals surface area contributed by atoms with Gasteiger partial charge in [-0.2, -0.15) is 4.72 Å². The van der Waals surface area contributed by atoms with E-state index in [9.17, 15) is 18.0 Å². The second-order valence-corrected chi connectivity index (χ2v) is 8.89. The summed E-state index contributed by atoms with van der Waals surface area (Å²) in [5, 5.41) is 5.24. The van der Waals surface area contributed by atoms with Crippen LogP contribution in [-0.4, -0.2) is 31.3 Å². The van der Waals surface area contributed by atoms with Gasteiger partial charge in [0.2, 0.25) is 21.8 Å². The number of carbonyl (C=O) groups is 2. The van der Waals surface area contributed by atoms with Gasteiger partial charge in [-0.05, 0) is 55.5 Å². The highest BCUT2D eigenvalue weighted by Gasteiger charge is 2.22. The van der Waals surface area contributed by atoms with Crippen molar-refractivity contribution in [3.8, 4) is 5.75 Å². The van der Waals surface area contributed by atoms with Crippen molar-refractivity contribution in [1.29, 1.82) is 0 Å². The van der Waals surface area contributed by atoms with Crippen LogP contribution in [0.4, 0.5) is 11.4 Å². The standard InChI is InChI=1S/C23H24N4O5S/c1-16(27-33(30,31)22-11-9-18(10-12-22)25-17(2)28)23(29)26-19-7-5-8-21(14-19)32-15-20-6-3-4-13-24-20/h3-14,16,27H,15H2,1-2H3,(H,25,28)(H,26,29)/t16-/m0/s1. The number of ether oxygens (including phenoxy) is 1. The Morgan fingerprint density at radius 2 is 1.73 bits per heavy atom. The van der Waals surface area contributed by atoms with Crippen LogP contribution in [-0.2, 0) is 26.2 Å². The number of aromatic nitrogens is 1. The first kappa shape index (κ1) is 23.9. The minimum atomic E-state index is -3.94. The van der Waals surface area contributed by atoms with Gasteiger partial charge in [0.25, 0.3) is 0 Å². The molecular formula is C23H24N4O5S. The van der Waals surface area contributed by atoms with Crippen molar-refractivity contribution in [3.63, 3.8) is 0 Å². The first-order chi connectivity index (χ1) is 15.7. The van der Waals surface area contributed by atoms with Gasteiger partial charge in [-0.15, -0.1) is 0 Å². The third-order valence-electron chi connectivity index (χ3n) is 4.42. The number of carbonyl (C=O) groups excluding carboxylic acids is 2. The van der Waals surface area contributed by atoms with E-state index in [2.05, 4.69) is 20.3 Å². The molecule has 0 saturated carbocycles. The highest BCUT2D eigenvalue weighted by atomic mass is 32.2. The van der Waals surface area contributed by atoms with Crippen molar-refractivity contribution >= 4 is 33.2 Å². The van der Waals surface area contributed by atoms with Crippen molar-refractivity contribution in [1.82, 2.24) is 9.71 Å².